The van der Waals surface area contributed by atoms with Crippen molar-refractivity contribution in [2.24, 2.45) is 0 Å². The second-order valence-corrected chi connectivity index (χ2v) is 3.19. The Morgan fingerprint density at radius 2 is 1.92 bits per heavy atom. The van der Waals surface area contributed by atoms with E-state index < -0.39 is 6.10 Å². The smallest absolute Gasteiger partial charge is 0.102 e. The van der Waals surface area contributed by atoms with E-state index in [0.29, 0.717) is 15.6 Å². The van der Waals surface area contributed by atoms with Crippen LogP contribution in [0.2, 0.25) is 10.0 Å². The molecule has 0 aromatic heterocycles. The van der Waals surface area contributed by atoms with Gasteiger partial charge in [0.1, 0.15) is 6.10 Å². The molecule has 0 amide bonds. The Morgan fingerprint density at radius 3 is 2.42 bits per heavy atom. The molecule has 66 valence electrons. The predicted octanol–water partition coefficient (Wildman–Crippen LogP) is 2.02. The zero-order valence-corrected chi connectivity index (χ0v) is 7.68. The van der Waals surface area contributed by atoms with E-state index >= 15 is 0 Å². The van der Waals surface area contributed by atoms with Gasteiger partial charge >= 0.3 is 0 Å². The fourth-order valence-electron chi connectivity index (χ4n) is 0.825. The molecule has 0 spiro atoms. The van der Waals surface area contributed by atoms with Crippen molar-refractivity contribution in [3.8, 4) is 0 Å². The maximum absolute atomic E-state index is 9.19. The molecule has 0 bridgehead atoms. The quantitative estimate of drug-likeness (QED) is 0.778. The van der Waals surface area contributed by atoms with E-state index in [9.17, 15) is 5.11 Å². The summed E-state index contributed by atoms with van der Waals surface area (Å²) >= 11 is 11.3. The Bertz CT molecular complexity index is 276. The van der Waals surface area contributed by atoms with E-state index in [1.165, 1.54) is 6.07 Å². The Morgan fingerprint density at radius 1 is 1.25 bits per heavy atom. The molecule has 0 aliphatic heterocycles. The SMILES string of the molecule is OC[C@H](O)c1ccc(Cl)c(Cl)c1. The van der Waals surface area contributed by atoms with Crippen LogP contribution in [0.15, 0.2) is 18.2 Å². The molecular formula is C8H8Cl2O2. The van der Waals surface area contributed by atoms with E-state index in [1.807, 2.05) is 0 Å². The molecule has 1 rings (SSSR count). The summed E-state index contributed by atoms with van der Waals surface area (Å²) in [6.07, 6.45) is -0.889. The highest BCUT2D eigenvalue weighted by Crippen LogP contribution is 2.25. The van der Waals surface area contributed by atoms with Crippen LogP contribution in [-0.2, 0) is 0 Å². The minimum Gasteiger partial charge on any atom is -0.393 e. The van der Waals surface area contributed by atoms with Gasteiger partial charge in [-0.3, -0.25) is 0 Å². The van der Waals surface area contributed by atoms with Crippen LogP contribution in [0.1, 0.15) is 11.7 Å². The first kappa shape index (κ1) is 9.81. The van der Waals surface area contributed by atoms with Crippen LogP contribution in [0.25, 0.3) is 0 Å². The molecule has 1 aromatic rings. The topological polar surface area (TPSA) is 40.5 Å². The third-order valence-electron chi connectivity index (χ3n) is 1.50. The van der Waals surface area contributed by atoms with Gasteiger partial charge in [0, 0.05) is 0 Å². The van der Waals surface area contributed by atoms with Gasteiger partial charge in [-0.05, 0) is 17.7 Å². The van der Waals surface area contributed by atoms with Crippen molar-refractivity contribution >= 4 is 23.2 Å². The predicted molar refractivity (Wildman–Crippen MR) is 48.5 cm³/mol. The fraction of sp³-hybridized carbons (Fsp3) is 0.250. The van der Waals surface area contributed by atoms with Gasteiger partial charge < -0.3 is 10.2 Å². The summed E-state index contributed by atoms with van der Waals surface area (Å²) in [7, 11) is 0. The van der Waals surface area contributed by atoms with Crippen LogP contribution < -0.4 is 0 Å². The van der Waals surface area contributed by atoms with E-state index in [2.05, 4.69) is 0 Å². The number of hydrogen-bond donors (Lipinski definition) is 2. The number of benzene rings is 1. The Hall–Kier alpha value is -0.280. The molecule has 0 aliphatic carbocycles. The Labute approximate surface area is 80.4 Å². The van der Waals surface area contributed by atoms with Crippen LogP contribution in [0.3, 0.4) is 0 Å². The molecule has 1 atom stereocenters. The first-order valence-corrected chi connectivity index (χ1v) is 4.14. The largest absolute Gasteiger partial charge is 0.393 e. The number of aliphatic hydroxyl groups excluding tert-OH is 2. The third kappa shape index (κ3) is 2.11. The molecule has 0 heterocycles. The lowest BCUT2D eigenvalue weighted by molar-refractivity contribution is 0.0956. The number of aliphatic hydroxyl groups is 2. The van der Waals surface area contributed by atoms with Crippen molar-refractivity contribution in [2.75, 3.05) is 6.61 Å². The Balaban J connectivity index is 2.96. The van der Waals surface area contributed by atoms with E-state index in [-0.39, 0.29) is 6.61 Å². The normalized spacial score (nSPS) is 13.0. The highest BCUT2D eigenvalue weighted by molar-refractivity contribution is 6.42. The summed E-state index contributed by atoms with van der Waals surface area (Å²) < 4.78 is 0. The fourth-order valence-corrected chi connectivity index (χ4v) is 1.13. The minimum absolute atomic E-state index is 0.321. The highest BCUT2D eigenvalue weighted by atomic mass is 35.5. The number of halogens is 2. The van der Waals surface area contributed by atoms with Crippen molar-refractivity contribution in [3.05, 3.63) is 33.8 Å². The van der Waals surface area contributed by atoms with Gasteiger partial charge in [0.25, 0.3) is 0 Å². The summed E-state index contributed by atoms with van der Waals surface area (Å²) in [5, 5.41) is 18.6. The van der Waals surface area contributed by atoms with Crippen molar-refractivity contribution in [1.29, 1.82) is 0 Å². The highest BCUT2D eigenvalue weighted by Gasteiger charge is 2.07. The van der Waals surface area contributed by atoms with Gasteiger partial charge in [0.2, 0.25) is 0 Å². The summed E-state index contributed by atoms with van der Waals surface area (Å²) in [4.78, 5) is 0. The standard InChI is InChI=1S/C8H8Cl2O2/c9-6-2-1-5(3-7(6)10)8(12)4-11/h1-3,8,11-12H,4H2/t8-/m0/s1. The van der Waals surface area contributed by atoms with Gasteiger partial charge in [-0.2, -0.15) is 0 Å². The van der Waals surface area contributed by atoms with Crippen LogP contribution >= 0.6 is 23.2 Å². The average Bonchev–Trinajstić information content (AvgIpc) is 2.08. The molecule has 2 N–H and O–H groups in total. The van der Waals surface area contributed by atoms with E-state index in [4.69, 9.17) is 28.3 Å². The van der Waals surface area contributed by atoms with Crippen LogP contribution in [-0.4, -0.2) is 16.8 Å². The number of hydrogen-bond acceptors (Lipinski definition) is 2. The van der Waals surface area contributed by atoms with Crippen molar-refractivity contribution < 1.29 is 10.2 Å². The van der Waals surface area contributed by atoms with Crippen molar-refractivity contribution in [2.45, 2.75) is 6.10 Å². The van der Waals surface area contributed by atoms with Crippen molar-refractivity contribution in [3.63, 3.8) is 0 Å². The maximum atomic E-state index is 9.19. The molecule has 1 aromatic carbocycles. The minimum atomic E-state index is -0.889. The second-order valence-electron chi connectivity index (χ2n) is 2.37. The van der Waals surface area contributed by atoms with Crippen LogP contribution in [0, 0.1) is 0 Å². The van der Waals surface area contributed by atoms with Crippen LogP contribution in [0.5, 0.6) is 0 Å². The molecule has 0 saturated carbocycles. The van der Waals surface area contributed by atoms with Crippen molar-refractivity contribution in [1.82, 2.24) is 0 Å². The average molecular weight is 207 g/mol. The first-order chi connectivity index (χ1) is 5.65. The van der Waals surface area contributed by atoms with Gasteiger partial charge in [0.15, 0.2) is 0 Å². The molecular weight excluding hydrogens is 199 g/mol. The molecule has 0 fully saturated rings. The zero-order valence-electron chi connectivity index (χ0n) is 6.17. The Kier molecular flexibility index (Phi) is 3.35. The molecule has 0 saturated heterocycles. The van der Waals surface area contributed by atoms with Gasteiger partial charge in [-0.1, -0.05) is 29.3 Å². The monoisotopic (exact) mass is 206 g/mol. The van der Waals surface area contributed by atoms with Crippen LogP contribution in [0.4, 0.5) is 0 Å². The molecule has 2 nitrogen and oxygen atoms in total. The van der Waals surface area contributed by atoms with Gasteiger partial charge in [-0.25, -0.2) is 0 Å². The summed E-state index contributed by atoms with van der Waals surface area (Å²) in [6.45, 7) is -0.321. The molecule has 4 heteroatoms. The first-order valence-electron chi connectivity index (χ1n) is 3.39. The molecule has 0 radical (unpaired) electrons. The number of rotatable bonds is 2. The lowest BCUT2D eigenvalue weighted by Crippen LogP contribution is -2.01. The zero-order chi connectivity index (χ0) is 9.14. The molecule has 0 aliphatic rings. The lowest BCUT2D eigenvalue weighted by atomic mass is 10.1. The summed E-state index contributed by atoms with van der Waals surface area (Å²) in [5.74, 6) is 0. The van der Waals surface area contributed by atoms with E-state index in [1.54, 1.807) is 12.1 Å². The maximum Gasteiger partial charge on any atom is 0.102 e. The lowest BCUT2D eigenvalue weighted by Gasteiger charge is -2.07. The third-order valence-corrected chi connectivity index (χ3v) is 2.24. The van der Waals surface area contributed by atoms with E-state index in [0.717, 1.165) is 0 Å². The molecule has 12 heavy (non-hydrogen) atoms. The van der Waals surface area contributed by atoms with Gasteiger partial charge in [0.05, 0.1) is 16.7 Å². The van der Waals surface area contributed by atoms with Gasteiger partial charge in [-0.15, -0.1) is 0 Å². The molecule has 0 unspecified atom stereocenters. The summed E-state index contributed by atoms with van der Waals surface area (Å²) in [6, 6.07) is 4.73. The summed E-state index contributed by atoms with van der Waals surface area (Å²) in [5.41, 5.74) is 0.562. The second kappa shape index (κ2) is 4.10.